The second-order valence-corrected chi connectivity index (χ2v) is 4.72. The number of ketones is 1. The smallest absolute Gasteiger partial charge is 0.269 e. The molecule has 0 aliphatic heterocycles. The highest BCUT2D eigenvalue weighted by molar-refractivity contribution is 6.05. The number of methoxy groups -OCH3 is 2. The Bertz CT molecular complexity index is 769. The Morgan fingerprint density at radius 2 is 1.75 bits per heavy atom. The molecule has 0 atom stereocenters. The van der Waals surface area contributed by atoms with Crippen LogP contribution in [0.25, 0.3) is 0 Å². The number of rotatable bonds is 7. The van der Waals surface area contributed by atoms with Crippen molar-refractivity contribution in [3.8, 4) is 11.5 Å². The summed E-state index contributed by atoms with van der Waals surface area (Å²) in [5.74, 6) is 0.799. The van der Waals surface area contributed by atoms with Gasteiger partial charge in [0.15, 0.2) is 17.3 Å². The van der Waals surface area contributed by atoms with Gasteiger partial charge in [0, 0.05) is 35.7 Å². The van der Waals surface area contributed by atoms with Crippen LogP contribution in [0.15, 0.2) is 54.7 Å². The molecule has 0 aromatic heterocycles. The van der Waals surface area contributed by atoms with Gasteiger partial charge < -0.3 is 14.8 Å². The summed E-state index contributed by atoms with van der Waals surface area (Å²) in [6.07, 6.45) is 2.84. The second-order valence-electron chi connectivity index (χ2n) is 4.72. The van der Waals surface area contributed by atoms with Gasteiger partial charge in [0.2, 0.25) is 0 Å². The van der Waals surface area contributed by atoms with Gasteiger partial charge in [0.05, 0.1) is 19.1 Å². The number of anilines is 1. The Hall–Kier alpha value is -3.35. The van der Waals surface area contributed by atoms with Crippen LogP contribution in [0, 0.1) is 10.1 Å². The van der Waals surface area contributed by atoms with E-state index in [-0.39, 0.29) is 11.5 Å². The highest BCUT2D eigenvalue weighted by atomic mass is 16.6. The van der Waals surface area contributed by atoms with E-state index >= 15 is 0 Å². The van der Waals surface area contributed by atoms with E-state index in [0.29, 0.717) is 22.7 Å². The normalized spacial score (nSPS) is 10.4. The third-order valence-electron chi connectivity index (χ3n) is 3.23. The van der Waals surface area contributed by atoms with E-state index in [1.165, 1.54) is 38.6 Å². The van der Waals surface area contributed by atoms with Gasteiger partial charge in [-0.3, -0.25) is 14.9 Å². The summed E-state index contributed by atoms with van der Waals surface area (Å²) in [4.78, 5) is 22.2. The number of ether oxygens (including phenoxy) is 2. The topological polar surface area (TPSA) is 90.7 Å². The van der Waals surface area contributed by atoms with E-state index in [0.717, 1.165) is 0 Å². The lowest BCUT2D eigenvalue weighted by molar-refractivity contribution is -0.384. The molecule has 7 heteroatoms. The number of carbonyl (C=O) groups is 1. The average molecular weight is 328 g/mol. The lowest BCUT2D eigenvalue weighted by atomic mass is 10.1. The van der Waals surface area contributed by atoms with Crippen LogP contribution in [0.3, 0.4) is 0 Å². The molecule has 0 bridgehead atoms. The number of hydrogen-bond donors (Lipinski definition) is 1. The SMILES string of the molecule is COc1ccc(C(=O)C=CNc2ccc([N+](=O)[O-])cc2)cc1OC. The number of benzene rings is 2. The van der Waals surface area contributed by atoms with Crippen LogP contribution in [0.4, 0.5) is 11.4 Å². The summed E-state index contributed by atoms with van der Waals surface area (Å²) >= 11 is 0. The lowest BCUT2D eigenvalue weighted by Crippen LogP contribution is -1.98. The zero-order valence-corrected chi connectivity index (χ0v) is 13.2. The van der Waals surface area contributed by atoms with Crippen LogP contribution in [0.5, 0.6) is 11.5 Å². The van der Waals surface area contributed by atoms with Crippen LogP contribution in [0.1, 0.15) is 10.4 Å². The van der Waals surface area contributed by atoms with Crippen LogP contribution >= 0.6 is 0 Å². The first-order valence-electron chi connectivity index (χ1n) is 6.99. The van der Waals surface area contributed by atoms with Gasteiger partial charge in [-0.1, -0.05) is 0 Å². The third-order valence-corrected chi connectivity index (χ3v) is 3.23. The van der Waals surface area contributed by atoms with Crippen molar-refractivity contribution in [1.29, 1.82) is 0 Å². The van der Waals surface area contributed by atoms with Crippen molar-refractivity contribution in [3.05, 3.63) is 70.4 Å². The number of nitrogens with one attached hydrogen (secondary N) is 1. The van der Waals surface area contributed by atoms with Crippen molar-refractivity contribution in [2.24, 2.45) is 0 Å². The average Bonchev–Trinajstić information content (AvgIpc) is 2.61. The van der Waals surface area contributed by atoms with Crippen molar-refractivity contribution in [2.75, 3.05) is 19.5 Å². The van der Waals surface area contributed by atoms with Gasteiger partial charge in [-0.2, -0.15) is 0 Å². The maximum absolute atomic E-state index is 12.1. The number of allylic oxidation sites excluding steroid dienone is 1. The summed E-state index contributed by atoms with van der Waals surface area (Å²) in [5.41, 5.74) is 1.09. The minimum atomic E-state index is -0.472. The Balaban J connectivity index is 2.03. The minimum Gasteiger partial charge on any atom is -0.493 e. The summed E-state index contributed by atoms with van der Waals surface area (Å²) in [6, 6.07) is 10.8. The Morgan fingerprint density at radius 3 is 2.33 bits per heavy atom. The molecule has 0 aliphatic carbocycles. The van der Waals surface area contributed by atoms with Crippen molar-refractivity contribution >= 4 is 17.2 Å². The molecule has 0 spiro atoms. The highest BCUT2D eigenvalue weighted by Gasteiger charge is 2.08. The number of nitrogens with zero attached hydrogens (tertiary/aromatic N) is 1. The molecule has 2 rings (SSSR count). The molecule has 0 amide bonds. The zero-order valence-electron chi connectivity index (χ0n) is 13.2. The molecule has 0 radical (unpaired) electrons. The fourth-order valence-corrected chi connectivity index (χ4v) is 1.98. The first-order valence-corrected chi connectivity index (χ1v) is 6.99. The first kappa shape index (κ1) is 17.0. The van der Waals surface area contributed by atoms with Gasteiger partial charge in [0.25, 0.3) is 5.69 Å². The van der Waals surface area contributed by atoms with E-state index in [1.54, 1.807) is 30.3 Å². The second kappa shape index (κ2) is 7.77. The minimum absolute atomic E-state index is 0.00549. The van der Waals surface area contributed by atoms with E-state index < -0.39 is 4.92 Å². The monoisotopic (exact) mass is 328 g/mol. The molecule has 124 valence electrons. The summed E-state index contributed by atoms with van der Waals surface area (Å²) in [6.45, 7) is 0. The summed E-state index contributed by atoms with van der Waals surface area (Å²) < 4.78 is 10.3. The molecule has 0 heterocycles. The molecular formula is C17H16N2O5. The number of hydrogen-bond acceptors (Lipinski definition) is 6. The van der Waals surface area contributed by atoms with E-state index in [2.05, 4.69) is 5.32 Å². The molecule has 0 aliphatic rings. The molecular weight excluding hydrogens is 312 g/mol. The molecule has 0 fully saturated rings. The fraction of sp³-hybridized carbons (Fsp3) is 0.118. The zero-order chi connectivity index (χ0) is 17.5. The molecule has 7 nitrogen and oxygen atoms in total. The molecule has 2 aromatic carbocycles. The lowest BCUT2D eigenvalue weighted by Gasteiger charge is -2.08. The number of nitro benzene ring substituents is 1. The standard InChI is InChI=1S/C17H16N2O5/c1-23-16-8-3-12(11-17(16)24-2)15(20)9-10-18-13-4-6-14(7-5-13)19(21)22/h3-11,18H,1-2H3. The molecule has 0 unspecified atom stereocenters. The molecule has 0 saturated carbocycles. The van der Waals surface area contributed by atoms with Crippen molar-refractivity contribution in [2.45, 2.75) is 0 Å². The summed E-state index contributed by atoms with van der Waals surface area (Å²) in [7, 11) is 3.02. The number of non-ortho nitro benzene ring substituents is 1. The highest BCUT2D eigenvalue weighted by Crippen LogP contribution is 2.27. The van der Waals surface area contributed by atoms with E-state index in [1.807, 2.05) is 0 Å². The molecule has 24 heavy (non-hydrogen) atoms. The maximum Gasteiger partial charge on any atom is 0.269 e. The van der Waals surface area contributed by atoms with Gasteiger partial charge in [-0.05, 0) is 30.3 Å². The van der Waals surface area contributed by atoms with Crippen LogP contribution < -0.4 is 14.8 Å². The van der Waals surface area contributed by atoms with E-state index in [4.69, 9.17) is 9.47 Å². The molecule has 1 N–H and O–H groups in total. The predicted molar refractivity (Wildman–Crippen MR) is 89.7 cm³/mol. The van der Waals surface area contributed by atoms with Crippen LogP contribution in [0.2, 0.25) is 0 Å². The van der Waals surface area contributed by atoms with Crippen molar-refractivity contribution in [1.82, 2.24) is 0 Å². The Kier molecular flexibility index (Phi) is 5.51. The Morgan fingerprint density at radius 1 is 1.08 bits per heavy atom. The van der Waals surface area contributed by atoms with Crippen molar-refractivity contribution < 1.29 is 19.2 Å². The van der Waals surface area contributed by atoms with E-state index in [9.17, 15) is 14.9 Å². The van der Waals surface area contributed by atoms with Gasteiger partial charge in [0.1, 0.15) is 0 Å². The van der Waals surface area contributed by atoms with Crippen molar-refractivity contribution in [3.63, 3.8) is 0 Å². The van der Waals surface area contributed by atoms with Gasteiger partial charge >= 0.3 is 0 Å². The van der Waals surface area contributed by atoms with Gasteiger partial charge in [-0.25, -0.2) is 0 Å². The largest absolute Gasteiger partial charge is 0.493 e. The van der Waals surface area contributed by atoms with Gasteiger partial charge in [-0.15, -0.1) is 0 Å². The Labute approximate surface area is 138 Å². The first-order chi connectivity index (χ1) is 11.5. The maximum atomic E-state index is 12.1. The number of nitro groups is 1. The summed E-state index contributed by atoms with van der Waals surface area (Å²) in [5, 5.41) is 13.5. The molecule has 2 aromatic rings. The van der Waals surface area contributed by atoms with Crippen LogP contribution in [-0.2, 0) is 0 Å². The quantitative estimate of drug-likeness (QED) is 0.362. The molecule has 0 saturated heterocycles. The number of carbonyl (C=O) groups excluding carboxylic acids is 1. The van der Waals surface area contributed by atoms with Crippen LogP contribution in [-0.4, -0.2) is 24.9 Å². The fourth-order valence-electron chi connectivity index (χ4n) is 1.98. The predicted octanol–water partition coefficient (Wildman–Crippen LogP) is 3.42. The third kappa shape index (κ3) is 4.10.